The highest BCUT2D eigenvalue weighted by atomic mass is 31.2. The average molecular weight is 435 g/mol. The minimum Gasteiger partial charge on any atom is -0.311 e. The smallest absolute Gasteiger partial charge is 0.311 e. The van der Waals surface area contributed by atoms with E-state index in [1.807, 2.05) is 0 Å². The summed E-state index contributed by atoms with van der Waals surface area (Å²) < 4.78 is 81.1. The van der Waals surface area contributed by atoms with Gasteiger partial charge in [-0.1, -0.05) is 60.7 Å². The third-order valence-electron chi connectivity index (χ3n) is 4.15. The second-order valence-electron chi connectivity index (χ2n) is 5.84. The van der Waals surface area contributed by atoms with Crippen molar-refractivity contribution >= 4 is 25.3 Å². The van der Waals surface area contributed by atoms with Gasteiger partial charge in [0.1, 0.15) is 0 Å². The Kier molecular flexibility index (Phi) is 6.95. The van der Waals surface area contributed by atoms with Gasteiger partial charge in [0.25, 0.3) is 5.02 Å². The molecule has 2 aromatic carbocycles. The van der Waals surface area contributed by atoms with Crippen LogP contribution in [0.5, 0.6) is 0 Å². The van der Waals surface area contributed by atoms with E-state index in [9.17, 15) is 22.3 Å². The summed E-state index contributed by atoms with van der Waals surface area (Å²) in [6.45, 7) is 1.99. The zero-order valence-electron chi connectivity index (χ0n) is 15.4. The second kappa shape index (κ2) is 8.52. The summed E-state index contributed by atoms with van der Waals surface area (Å²) >= 11 is 0. The van der Waals surface area contributed by atoms with Gasteiger partial charge in [0.15, 0.2) is 7.14 Å². The van der Waals surface area contributed by atoms with Crippen molar-refractivity contribution in [2.24, 2.45) is 5.73 Å². The molecule has 1 atom stereocenters. The monoisotopic (exact) mass is 435 g/mol. The van der Waals surface area contributed by atoms with Crippen molar-refractivity contribution in [3.05, 3.63) is 60.7 Å². The van der Waals surface area contributed by atoms with Gasteiger partial charge in [-0.25, -0.2) is 0 Å². The molecule has 0 spiro atoms. The Hall–Kier alpha value is -1.43. The highest BCUT2D eigenvalue weighted by molar-refractivity contribution is 7.89. The largest absolute Gasteiger partial charge is 0.425 e. The molecule has 0 aliphatic carbocycles. The lowest BCUT2D eigenvalue weighted by Gasteiger charge is -2.42. The number of hydrogen-bond donors (Lipinski definition) is 1. The van der Waals surface area contributed by atoms with Crippen LogP contribution in [-0.4, -0.2) is 24.4 Å². The van der Waals surface area contributed by atoms with E-state index in [1.165, 1.54) is 62.4 Å². The molecule has 2 aromatic rings. The maximum absolute atomic E-state index is 14.5. The molecule has 1 unspecified atom stereocenters. The first-order valence-corrected chi connectivity index (χ1v) is 11.8. The summed E-state index contributed by atoms with van der Waals surface area (Å²) in [5.74, 6) is 0. The Morgan fingerprint density at radius 2 is 1.18 bits per heavy atom. The van der Waals surface area contributed by atoms with Gasteiger partial charge in [0.05, 0.1) is 13.2 Å². The summed E-state index contributed by atoms with van der Waals surface area (Å²) in [6.07, 6.45) is -5.37. The molecule has 0 saturated heterocycles. The molecule has 0 bridgehead atoms. The predicted octanol–water partition coefficient (Wildman–Crippen LogP) is 4.44. The maximum Gasteiger partial charge on any atom is 0.425 e. The van der Waals surface area contributed by atoms with Crippen LogP contribution in [0, 0.1) is 0 Å². The molecule has 0 aliphatic rings. The number of benzene rings is 2. The molecule has 2 N–H and O–H groups in total. The van der Waals surface area contributed by atoms with Crippen molar-refractivity contribution < 1.29 is 31.3 Å². The Bertz CT molecular complexity index is 824. The van der Waals surface area contributed by atoms with Crippen LogP contribution >= 0.6 is 14.7 Å². The minimum atomic E-state index is -5.37. The maximum atomic E-state index is 14.5. The first-order valence-electron chi connectivity index (χ1n) is 8.54. The Balaban J connectivity index is 2.97. The van der Waals surface area contributed by atoms with E-state index in [1.54, 1.807) is 12.1 Å². The van der Waals surface area contributed by atoms with Gasteiger partial charge in [0, 0.05) is 10.6 Å². The molecule has 0 fully saturated rings. The minimum absolute atomic E-state index is 0.194. The van der Waals surface area contributed by atoms with Crippen LogP contribution in [0.1, 0.15) is 13.8 Å². The topological polar surface area (TPSA) is 78.6 Å². The third kappa shape index (κ3) is 3.60. The molecule has 154 valence electrons. The predicted molar refractivity (Wildman–Crippen MR) is 104 cm³/mol. The van der Waals surface area contributed by atoms with E-state index < -0.39 is 25.9 Å². The molecule has 2 rings (SSSR count). The van der Waals surface area contributed by atoms with Gasteiger partial charge >= 0.3 is 13.8 Å². The van der Waals surface area contributed by atoms with Gasteiger partial charge in [-0.05, 0) is 13.8 Å². The van der Waals surface area contributed by atoms with Crippen molar-refractivity contribution in [3.8, 4) is 0 Å². The van der Waals surface area contributed by atoms with Gasteiger partial charge in [0.2, 0.25) is 0 Å². The molecule has 0 heterocycles. The summed E-state index contributed by atoms with van der Waals surface area (Å²) in [5.41, 5.74) is 5.87. The molecular weight excluding hydrogens is 413 g/mol. The fourth-order valence-corrected chi connectivity index (χ4v) is 9.40. The Morgan fingerprint density at radius 1 is 0.821 bits per heavy atom. The summed E-state index contributed by atoms with van der Waals surface area (Å²) in [5, 5.41) is -4.16. The molecule has 28 heavy (non-hydrogen) atoms. The molecule has 10 heteroatoms. The van der Waals surface area contributed by atoms with E-state index in [4.69, 9.17) is 14.8 Å². The van der Waals surface area contributed by atoms with Crippen molar-refractivity contribution in [2.45, 2.75) is 25.0 Å². The van der Waals surface area contributed by atoms with E-state index in [2.05, 4.69) is 0 Å². The first-order chi connectivity index (χ1) is 13.1. The lowest BCUT2D eigenvalue weighted by Crippen LogP contribution is -2.57. The normalized spacial score (nSPS) is 15.2. The van der Waals surface area contributed by atoms with Crippen LogP contribution in [0.4, 0.5) is 13.2 Å². The van der Waals surface area contributed by atoms with Gasteiger partial charge < -0.3 is 19.3 Å². The fourth-order valence-electron chi connectivity index (χ4n) is 2.90. The number of nitrogens with two attached hydrogens (primary N) is 1. The van der Waals surface area contributed by atoms with Crippen molar-refractivity contribution in [1.82, 2.24) is 0 Å². The number of rotatable bonds is 8. The average Bonchev–Trinajstić information content (AvgIpc) is 2.67. The molecule has 5 nitrogen and oxygen atoms in total. The SMILES string of the molecule is CCOP(=O)(OCC)C(N)(C(F)(F)F)P(=O)(c1ccccc1)c1ccccc1. The quantitative estimate of drug-likeness (QED) is 0.621. The van der Waals surface area contributed by atoms with Crippen molar-refractivity contribution in [3.63, 3.8) is 0 Å². The molecule has 0 radical (unpaired) electrons. The Labute approximate surface area is 161 Å². The highest BCUT2D eigenvalue weighted by Gasteiger charge is 2.75. The molecule has 0 saturated carbocycles. The molecular formula is C18H22F3NO4P2. The van der Waals surface area contributed by atoms with E-state index in [0.29, 0.717) is 0 Å². The van der Waals surface area contributed by atoms with Crippen LogP contribution in [-0.2, 0) is 18.2 Å². The van der Waals surface area contributed by atoms with Crippen molar-refractivity contribution in [2.75, 3.05) is 13.2 Å². The van der Waals surface area contributed by atoms with Crippen LogP contribution in [0.15, 0.2) is 60.7 Å². The van der Waals surface area contributed by atoms with Crippen molar-refractivity contribution in [1.29, 1.82) is 0 Å². The number of alkyl halides is 3. The molecule has 0 aliphatic heterocycles. The third-order valence-corrected chi connectivity index (χ3v) is 11.3. The second-order valence-corrected chi connectivity index (χ2v) is 11.4. The van der Waals surface area contributed by atoms with Crippen LogP contribution < -0.4 is 16.3 Å². The molecule has 0 aromatic heterocycles. The highest BCUT2D eigenvalue weighted by Crippen LogP contribution is 2.77. The lowest BCUT2D eigenvalue weighted by atomic mass is 10.4. The molecule has 0 amide bonds. The summed E-state index contributed by atoms with van der Waals surface area (Å²) in [7, 11) is -9.93. The van der Waals surface area contributed by atoms with Crippen LogP contribution in [0.25, 0.3) is 0 Å². The van der Waals surface area contributed by atoms with Gasteiger partial charge in [-0.3, -0.25) is 4.57 Å². The zero-order chi connectivity index (χ0) is 21.1. The van der Waals surface area contributed by atoms with Gasteiger partial charge in [-0.15, -0.1) is 0 Å². The van der Waals surface area contributed by atoms with Gasteiger partial charge in [-0.2, -0.15) is 13.2 Å². The van der Waals surface area contributed by atoms with E-state index in [-0.39, 0.29) is 23.8 Å². The van der Waals surface area contributed by atoms with Crippen LogP contribution in [0.2, 0.25) is 0 Å². The van der Waals surface area contributed by atoms with E-state index in [0.717, 1.165) is 0 Å². The first kappa shape index (κ1) is 22.9. The lowest BCUT2D eigenvalue weighted by molar-refractivity contribution is -0.145. The summed E-state index contributed by atoms with van der Waals surface area (Å²) in [4.78, 5) is 0. The van der Waals surface area contributed by atoms with E-state index >= 15 is 0 Å². The standard InChI is InChI=1S/C18H22F3NO4P2/c1-3-25-28(24,26-4-2)18(22,17(19,20)21)27(23,15-11-7-5-8-12-15)16-13-9-6-10-14-16/h5-14H,3-4,22H2,1-2H3. The fraction of sp³-hybridized carbons (Fsp3) is 0.333. The zero-order valence-corrected chi connectivity index (χ0v) is 17.2. The Morgan fingerprint density at radius 3 is 1.46 bits per heavy atom. The van der Waals surface area contributed by atoms with Crippen LogP contribution in [0.3, 0.4) is 0 Å². The summed E-state index contributed by atoms with van der Waals surface area (Å²) in [6, 6.07) is 14.0. The number of hydrogen-bond acceptors (Lipinski definition) is 5. The number of halogens is 3.